The van der Waals surface area contributed by atoms with E-state index in [-0.39, 0.29) is 29.6 Å². The fourth-order valence-corrected chi connectivity index (χ4v) is 0.496. The van der Waals surface area contributed by atoms with Crippen molar-refractivity contribution in [2.45, 2.75) is 70.6 Å². The molecule has 105 valence electrons. The zero-order valence-electron chi connectivity index (χ0n) is 34.1. The Hall–Kier alpha value is 0.870. The van der Waals surface area contributed by atoms with Crippen LogP contribution in [0.3, 0.4) is 0 Å². The minimum Gasteiger partial charge on any atom is -0.264 e. The van der Waals surface area contributed by atoms with E-state index in [2.05, 4.69) is 4.18 Å². The van der Waals surface area contributed by atoms with Crippen molar-refractivity contribution in [3.8, 4) is 0 Å². The summed E-state index contributed by atoms with van der Waals surface area (Å²) in [5, 5.41) is 0. The molecule has 0 aliphatic rings. The van der Waals surface area contributed by atoms with Crippen molar-refractivity contribution in [3.05, 3.63) is 0 Å². The Morgan fingerprint density at radius 3 is 1.89 bits per heavy atom. The topological polar surface area (TPSA) is 63.6 Å². The molecule has 0 aromatic rings. The van der Waals surface area contributed by atoms with E-state index in [1.807, 2.05) is 0 Å². The van der Waals surface area contributed by atoms with Crippen LogP contribution in [0.1, 0.15) is 105 Å². The molecule has 0 spiro atoms. The molecule has 0 saturated carbocycles. The molecule has 0 bridgehead atoms. The fourth-order valence-electron chi connectivity index (χ4n) is 0.349. The molecule has 0 fully saturated rings. The summed E-state index contributed by atoms with van der Waals surface area (Å²) in [4.78, 5) is 0. The van der Waals surface area contributed by atoms with Crippen LogP contribution in [0.2, 0.25) is 0 Å². The maximum absolute atomic E-state index is 10.9. The second-order valence-corrected chi connectivity index (χ2v) is 2.89. The molecule has 0 saturated heterocycles. The molecule has 0 aromatic heterocycles. The van der Waals surface area contributed by atoms with Gasteiger partial charge in [-0.05, 0) is 6.37 Å². The van der Waals surface area contributed by atoms with Crippen molar-refractivity contribution in [2.75, 3.05) is 6.56 Å². The van der Waals surface area contributed by atoms with E-state index in [0.717, 1.165) is 0 Å². The van der Waals surface area contributed by atoms with Gasteiger partial charge in [-0.25, -0.2) is 4.18 Å². The molecule has 0 amide bonds. The predicted molar refractivity (Wildman–Crippen MR) is 75.1 cm³/mol. The average Bonchev–Trinajstić information content (AvgIpc) is 2.69. The van der Waals surface area contributed by atoms with Gasteiger partial charge in [-0.1, -0.05) is 64.2 Å². The summed E-state index contributed by atoms with van der Waals surface area (Å²) in [7, 11) is -5.96. The van der Waals surface area contributed by atoms with Crippen LogP contribution < -0.4 is 0 Å². The molecule has 0 atom stereocenters. The van der Waals surface area contributed by atoms with Crippen molar-refractivity contribution >= 4 is 40.0 Å². The molecular weight excluding hydrogens is 263 g/mol. The zero-order valence-corrected chi connectivity index (χ0v) is 11.9. The average molecular weight is 315 g/mol. The van der Waals surface area contributed by atoms with Crippen LogP contribution in [0.25, 0.3) is 0 Å². The van der Waals surface area contributed by atoms with Gasteiger partial charge in [0, 0.05) is 61.1 Å². The van der Waals surface area contributed by atoms with Gasteiger partial charge in [-0.15, -0.1) is 0 Å². The monoisotopic (exact) mass is 314 g/mol. The Labute approximate surface area is 169 Å². The van der Waals surface area contributed by atoms with Gasteiger partial charge >= 0.3 is 10.4 Å². The van der Waals surface area contributed by atoms with E-state index in [1.54, 1.807) is 0 Å². The summed E-state index contributed by atoms with van der Waals surface area (Å²) in [5.74, 6) is 0. The SMILES string of the molecule is [2H]C([2H])([2H])C([2H])([2H])C([2H])([2H])C([2H])([2H])C([2H])([2H])C([2H])([2H])C([2H])([2H])C([2H])([2H])C([2H])([2H])C([2H])([2H])C([2H])([2H])C([2H])([2H])OS(=O)(=O)O.[Na]. The van der Waals surface area contributed by atoms with Crippen molar-refractivity contribution in [1.29, 1.82) is 0 Å². The standard InChI is InChI=1S/C12H26O4S.Na/c1-2-3-4-5-6-7-8-9-10-11-12-16-17(13,14)15;/h2-12H2,1H3,(H,13,14,15);/i1D3,2D2,3D2,4D2,5D2,6D2,7D2,8D2,9D2,10D2,11D2,12D2;. The van der Waals surface area contributed by atoms with Gasteiger partial charge in [-0.3, -0.25) is 4.55 Å². The van der Waals surface area contributed by atoms with Crippen LogP contribution in [0.5, 0.6) is 0 Å². The van der Waals surface area contributed by atoms with Crippen LogP contribution in [0.4, 0.5) is 0 Å². The molecule has 18 heavy (non-hydrogen) atoms. The Bertz CT molecular complexity index is 1120. The Morgan fingerprint density at radius 1 is 1.00 bits per heavy atom. The van der Waals surface area contributed by atoms with Crippen LogP contribution in [-0.4, -0.2) is 49.1 Å². The largest absolute Gasteiger partial charge is 0.397 e. The summed E-state index contributed by atoms with van der Waals surface area (Å²) < 4.78 is 227. The van der Waals surface area contributed by atoms with Gasteiger partial charge in [0.1, 0.15) is 0 Å². The van der Waals surface area contributed by atoms with Crippen molar-refractivity contribution < 1.29 is 51.4 Å². The number of hydrogen-bond acceptors (Lipinski definition) is 3. The quantitative estimate of drug-likeness (QED) is 0.443. The first kappa shape index (κ1) is 3.44. The van der Waals surface area contributed by atoms with E-state index < -0.39 is 87.5 Å². The molecule has 1 N–H and O–H groups in total. The summed E-state index contributed by atoms with van der Waals surface area (Å²) in [6, 6.07) is 0. The van der Waals surface area contributed by atoms with E-state index in [9.17, 15) is 8.42 Å². The van der Waals surface area contributed by atoms with E-state index >= 15 is 0 Å². The van der Waals surface area contributed by atoms with Gasteiger partial charge in [0.05, 0.1) is 9.30 Å². The third kappa shape index (κ3) is 19.2. The van der Waals surface area contributed by atoms with Gasteiger partial charge in [0.2, 0.25) is 0 Å². The number of rotatable bonds is 12. The number of hydrogen-bond donors (Lipinski definition) is 1. The molecule has 0 unspecified atom stereocenters. The van der Waals surface area contributed by atoms with Crippen LogP contribution in [0.15, 0.2) is 0 Å². The molecule has 0 aliphatic heterocycles. The van der Waals surface area contributed by atoms with E-state index in [0.29, 0.717) is 0 Å². The van der Waals surface area contributed by atoms with Gasteiger partial charge < -0.3 is 0 Å². The maximum atomic E-state index is 10.9. The van der Waals surface area contributed by atoms with Crippen LogP contribution in [-0.2, 0) is 14.6 Å². The normalized spacial score (nSPS) is 41.3. The summed E-state index contributed by atoms with van der Waals surface area (Å²) in [6.07, 6.45) is -47.9. The second kappa shape index (κ2) is 14.3. The fraction of sp³-hybridized carbons (Fsp3) is 1.00. The minimum absolute atomic E-state index is 0. The Kier molecular flexibility index (Phi) is 2.73. The first-order valence-electron chi connectivity index (χ1n) is 16.1. The maximum Gasteiger partial charge on any atom is 0.397 e. The van der Waals surface area contributed by atoms with Crippen molar-refractivity contribution in [3.63, 3.8) is 0 Å². The Balaban J connectivity index is 0. The molecule has 0 rings (SSSR count). The zero-order chi connectivity index (χ0) is 35.2. The first-order valence-corrected chi connectivity index (χ1v) is 5.00. The third-order valence-corrected chi connectivity index (χ3v) is 1.05. The molecular formula is C12H26NaO4S. The molecule has 6 heteroatoms. The van der Waals surface area contributed by atoms with E-state index in [1.165, 1.54) is 0 Å². The van der Waals surface area contributed by atoms with Crippen molar-refractivity contribution in [2.24, 2.45) is 0 Å². The first-order chi connectivity index (χ1) is 17.5. The molecule has 0 heterocycles. The summed E-state index contributed by atoms with van der Waals surface area (Å²) in [5.41, 5.74) is 0. The van der Waals surface area contributed by atoms with Gasteiger partial charge in [0.15, 0.2) is 0 Å². The summed E-state index contributed by atoms with van der Waals surface area (Å²) in [6.45, 7) is -8.65. The van der Waals surface area contributed by atoms with Gasteiger partial charge in [-0.2, -0.15) is 8.42 Å². The third-order valence-electron chi connectivity index (χ3n) is 0.761. The molecule has 0 aromatic carbocycles. The summed E-state index contributed by atoms with van der Waals surface area (Å²) >= 11 is 0. The van der Waals surface area contributed by atoms with Crippen molar-refractivity contribution in [1.82, 2.24) is 0 Å². The molecule has 1 radical (unpaired) electrons. The minimum atomic E-state index is -5.96. The van der Waals surface area contributed by atoms with Crippen LogP contribution >= 0.6 is 0 Å². The van der Waals surface area contributed by atoms with Gasteiger partial charge in [0.25, 0.3) is 0 Å². The second-order valence-electron chi connectivity index (χ2n) is 1.86. The molecule has 4 nitrogen and oxygen atoms in total. The predicted octanol–water partition coefficient (Wildman–Crippen LogP) is 3.35. The molecule has 0 aliphatic carbocycles. The Morgan fingerprint density at radius 2 is 1.44 bits per heavy atom. The smallest absolute Gasteiger partial charge is 0.264 e. The van der Waals surface area contributed by atoms with E-state index in [4.69, 9.17) is 38.8 Å². The van der Waals surface area contributed by atoms with Crippen LogP contribution in [0, 0.1) is 0 Å².